The van der Waals surface area contributed by atoms with Gasteiger partial charge in [0.15, 0.2) is 6.61 Å². The van der Waals surface area contributed by atoms with Crippen LogP contribution in [0.5, 0.6) is 0 Å². The highest BCUT2D eigenvalue weighted by Crippen LogP contribution is 2.31. The van der Waals surface area contributed by atoms with E-state index in [-0.39, 0.29) is 18.6 Å². The molecule has 1 atom stereocenters. The maximum absolute atomic E-state index is 12.6. The van der Waals surface area contributed by atoms with Gasteiger partial charge in [-0.3, -0.25) is 4.79 Å². The quantitative estimate of drug-likeness (QED) is 0.748. The van der Waals surface area contributed by atoms with Crippen molar-refractivity contribution in [1.82, 2.24) is 4.98 Å². The molecule has 126 valence electrons. The predicted octanol–water partition coefficient (Wildman–Crippen LogP) is 3.30. The van der Waals surface area contributed by atoms with Crippen LogP contribution in [0.2, 0.25) is 0 Å². The number of rotatable bonds is 3. The van der Waals surface area contributed by atoms with Crippen LogP contribution in [-0.2, 0) is 16.0 Å². The van der Waals surface area contributed by atoms with Crippen LogP contribution in [0.25, 0.3) is 10.9 Å². The molecule has 0 bridgehead atoms. The van der Waals surface area contributed by atoms with Crippen molar-refractivity contribution in [3.8, 4) is 0 Å². The van der Waals surface area contributed by atoms with E-state index in [0.29, 0.717) is 5.69 Å². The normalized spacial score (nSPS) is 16.0. The van der Waals surface area contributed by atoms with Gasteiger partial charge >= 0.3 is 5.97 Å². The predicted molar refractivity (Wildman–Crippen MR) is 95.7 cm³/mol. The third-order valence-corrected chi connectivity index (χ3v) is 4.55. The van der Waals surface area contributed by atoms with Crippen molar-refractivity contribution >= 4 is 28.5 Å². The second kappa shape index (κ2) is 6.09. The van der Waals surface area contributed by atoms with Crippen LogP contribution in [0, 0.1) is 0 Å². The first kappa shape index (κ1) is 15.4. The summed E-state index contributed by atoms with van der Waals surface area (Å²) < 4.78 is 5.23. The number of benzene rings is 2. The number of hydrogen-bond donors (Lipinski definition) is 1. The number of para-hydroxylation sites is 2. The SMILES string of the molecule is CC1Cc2ccccc2N1C(=O)COC(=O)c1cc2ccccc2[nH]1. The first-order chi connectivity index (χ1) is 12.1. The highest BCUT2D eigenvalue weighted by molar-refractivity contribution is 6.00. The monoisotopic (exact) mass is 334 g/mol. The lowest BCUT2D eigenvalue weighted by molar-refractivity contribution is -0.122. The fraction of sp³-hybridized carbons (Fsp3) is 0.200. The summed E-state index contributed by atoms with van der Waals surface area (Å²) in [5.74, 6) is -0.730. The molecular formula is C20H18N2O3. The molecular weight excluding hydrogens is 316 g/mol. The minimum atomic E-state index is -0.523. The van der Waals surface area contributed by atoms with E-state index in [2.05, 4.69) is 4.98 Å². The second-order valence-corrected chi connectivity index (χ2v) is 6.29. The Kier molecular flexibility index (Phi) is 3.76. The van der Waals surface area contributed by atoms with E-state index < -0.39 is 5.97 Å². The fourth-order valence-electron chi connectivity index (χ4n) is 3.40. The van der Waals surface area contributed by atoms with Crippen LogP contribution in [0.1, 0.15) is 23.0 Å². The molecule has 2 heterocycles. The van der Waals surface area contributed by atoms with E-state index in [1.165, 1.54) is 0 Å². The van der Waals surface area contributed by atoms with E-state index in [4.69, 9.17) is 4.74 Å². The van der Waals surface area contributed by atoms with Crippen LogP contribution in [0.3, 0.4) is 0 Å². The van der Waals surface area contributed by atoms with Gasteiger partial charge in [0.1, 0.15) is 5.69 Å². The molecule has 4 rings (SSSR count). The summed E-state index contributed by atoms with van der Waals surface area (Å²) in [4.78, 5) is 29.5. The van der Waals surface area contributed by atoms with Gasteiger partial charge in [0.05, 0.1) is 0 Å². The van der Waals surface area contributed by atoms with Gasteiger partial charge in [-0.05, 0) is 37.1 Å². The fourth-order valence-corrected chi connectivity index (χ4v) is 3.40. The summed E-state index contributed by atoms with van der Waals surface area (Å²) >= 11 is 0. The first-order valence-corrected chi connectivity index (χ1v) is 8.28. The number of hydrogen-bond acceptors (Lipinski definition) is 3. The number of esters is 1. The molecule has 5 heteroatoms. The minimum Gasteiger partial charge on any atom is -0.451 e. The van der Waals surface area contributed by atoms with Crippen molar-refractivity contribution in [1.29, 1.82) is 0 Å². The summed E-state index contributed by atoms with van der Waals surface area (Å²) in [6.45, 7) is 1.73. The molecule has 3 aromatic rings. The molecule has 1 aliphatic heterocycles. The molecule has 1 N–H and O–H groups in total. The molecule has 1 aromatic heterocycles. The topological polar surface area (TPSA) is 62.4 Å². The number of nitrogens with zero attached hydrogens (tertiary/aromatic N) is 1. The number of ether oxygens (including phenoxy) is 1. The molecule has 0 spiro atoms. The minimum absolute atomic E-state index is 0.0664. The first-order valence-electron chi connectivity index (χ1n) is 8.28. The number of carbonyl (C=O) groups is 2. The van der Waals surface area contributed by atoms with Crippen LogP contribution in [0.4, 0.5) is 5.69 Å². The Morgan fingerprint density at radius 2 is 1.92 bits per heavy atom. The van der Waals surface area contributed by atoms with Gasteiger partial charge in [0, 0.05) is 22.6 Å². The van der Waals surface area contributed by atoms with Gasteiger partial charge in [-0.2, -0.15) is 0 Å². The van der Waals surface area contributed by atoms with Crippen LogP contribution in [-0.4, -0.2) is 29.5 Å². The van der Waals surface area contributed by atoms with Gasteiger partial charge in [0.2, 0.25) is 0 Å². The lowest BCUT2D eigenvalue weighted by Crippen LogP contribution is -2.38. The molecule has 0 saturated carbocycles. The summed E-state index contributed by atoms with van der Waals surface area (Å²) in [7, 11) is 0. The van der Waals surface area contributed by atoms with Crippen molar-refractivity contribution < 1.29 is 14.3 Å². The summed E-state index contributed by atoms with van der Waals surface area (Å²) in [5.41, 5.74) is 3.26. The summed E-state index contributed by atoms with van der Waals surface area (Å²) in [6.07, 6.45) is 0.817. The van der Waals surface area contributed by atoms with Gasteiger partial charge in [-0.25, -0.2) is 4.79 Å². The van der Waals surface area contributed by atoms with Gasteiger partial charge in [0.25, 0.3) is 5.91 Å². The van der Waals surface area contributed by atoms with Crippen molar-refractivity contribution in [2.75, 3.05) is 11.5 Å². The van der Waals surface area contributed by atoms with E-state index in [1.54, 1.807) is 11.0 Å². The molecule has 0 radical (unpaired) electrons. The molecule has 1 aliphatic rings. The maximum Gasteiger partial charge on any atom is 0.355 e. The van der Waals surface area contributed by atoms with Crippen molar-refractivity contribution in [2.24, 2.45) is 0 Å². The molecule has 1 amide bonds. The Bertz CT molecular complexity index is 927. The Labute approximate surface area is 145 Å². The number of amides is 1. The zero-order valence-corrected chi connectivity index (χ0v) is 13.9. The third-order valence-electron chi connectivity index (χ3n) is 4.55. The number of aromatic nitrogens is 1. The van der Waals surface area contributed by atoms with E-state index in [1.807, 2.05) is 55.5 Å². The van der Waals surface area contributed by atoms with E-state index in [0.717, 1.165) is 28.6 Å². The van der Waals surface area contributed by atoms with Gasteiger partial charge in [-0.15, -0.1) is 0 Å². The average molecular weight is 334 g/mol. The molecule has 0 aliphatic carbocycles. The average Bonchev–Trinajstić information content (AvgIpc) is 3.19. The van der Waals surface area contributed by atoms with E-state index >= 15 is 0 Å². The van der Waals surface area contributed by atoms with Crippen LogP contribution in [0.15, 0.2) is 54.6 Å². The number of aromatic amines is 1. The highest BCUT2D eigenvalue weighted by atomic mass is 16.5. The van der Waals surface area contributed by atoms with Crippen LogP contribution < -0.4 is 4.90 Å². The standard InChI is InChI=1S/C20H18N2O3/c1-13-10-15-7-3-5-9-18(15)22(13)19(23)12-25-20(24)17-11-14-6-2-4-8-16(14)21-17/h2-9,11,13,21H,10,12H2,1H3. The Morgan fingerprint density at radius 1 is 1.16 bits per heavy atom. The van der Waals surface area contributed by atoms with Crippen molar-refractivity contribution in [2.45, 2.75) is 19.4 Å². The molecule has 0 saturated heterocycles. The second-order valence-electron chi connectivity index (χ2n) is 6.29. The van der Waals surface area contributed by atoms with E-state index in [9.17, 15) is 9.59 Å². The molecule has 5 nitrogen and oxygen atoms in total. The summed E-state index contributed by atoms with van der Waals surface area (Å²) in [5, 5.41) is 0.933. The van der Waals surface area contributed by atoms with Crippen molar-refractivity contribution in [3.63, 3.8) is 0 Å². The largest absolute Gasteiger partial charge is 0.451 e. The Morgan fingerprint density at radius 3 is 2.76 bits per heavy atom. The third kappa shape index (κ3) is 2.78. The number of nitrogens with one attached hydrogen (secondary N) is 1. The highest BCUT2D eigenvalue weighted by Gasteiger charge is 2.31. The Balaban J connectivity index is 1.46. The van der Waals surface area contributed by atoms with Gasteiger partial charge < -0.3 is 14.6 Å². The molecule has 2 aromatic carbocycles. The maximum atomic E-state index is 12.6. The zero-order valence-electron chi connectivity index (χ0n) is 13.9. The summed E-state index contributed by atoms with van der Waals surface area (Å²) in [6, 6.07) is 17.2. The smallest absolute Gasteiger partial charge is 0.355 e. The lowest BCUT2D eigenvalue weighted by atomic mass is 10.1. The van der Waals surface area contributed by atoms with Crippen molar-refractivity contribution in [3.05, 3.63) is 65.9 Å². The van der Waals surface area contributed by atoms with Crippen LogP contribution >= 0.6 is 0 Å². The van der Waals surface area contributed by atoms with Gasteiger partial charge in [-0.1, -0.05) is 36.4 Å². The lowest BCUT2D eigenvalue weighted by Gasteiger charge is -2.22. The number of anilines is 1. The zero-order chi connectivity index (χ0) is 17.4. The number of fused-ring (bicyclic) bond motifs is 2. The number of H-pyrrole nitrogens is 1. The Hall–Kier alpha value is -3.08. The molecule has 25 heavy (non-hydrogen) atoms. The molecule has 0 fully saturated rings. The number of carbonyl (C=O) groups excluding carboxylic acids is 2. The molecule has 1 unspecified atom stereocenters.